The number of hydrogen-bond donors (Lipinski definition) is 0. The second-order valence-corrected chi connectivity index (χ2v) is 6.81. The summed E-state index contributed by atoms with van der Waals surface area (Å²) in [5.41, 5.74) is 4.16. The van der Waals surface area contributed by atoms with Crippen molar-refractivity contribution in [3.8, 4) is 0 Å². The minimum atomic E-state index is 0.0536. The van der Waals surface area contributed by atoms with Crippen LogP contribution in [0.15, 0.2) is 59.0 Å². The largest absolute Gasteiger partial charge is 0.444 e. The minimum Gasteiger partial charge on any atom is -0.444 e. The van der Waals surface area contributed by atoms with Crippen LogP contribution in [0.25, 0.3) is 0 Å². The number of benzene rings is 2. The summed E-state index contributed by atoms with van der Waals surface area (Å²) in [4.78, 5) is 19.2. The van der Waals surface area contributed by atoms with Gasteiger partial charge in [-0.25, -0.2) is 4.98 Å². The van der Waals surface area contributed by atoms with Crippen molar-refractivity contribution in [3.05, 3.63) is 88.6 Å². The average molecular weight is 346 g/mol. The molecule has 26 heavy (non-hydrogen) atoms. The quantitative estimate of drug-likeness (QED) is 0.718. The zero-order valence-electron chi connectivity index (χ0n) is 14.9. The second kappa shape index (κ2) is 7.16. The molecule has 1 aliphatic heterocycles. The fraction of sp³-hybridized carbons (Fsp3) is 0.273. The molecular formula is C22H22N2O2. The van der Waals surface area contributed by atoms with Gasteiger partial charge in [0.05, 0.1) is 12.2 Å². The highest BCUT2D eigenvalue weighted by atomic mass is 16.4. The smallest absolute Gasteiger partial charge is 0.254 e. The van der Waals surface area contributed by atoms with Crippen LogP contribution in [0.5, 0.6) is 0 Å². The number of nitrogens with zero attached hydrogens (tertiary/aromatic N) is 2. The van der Waals surface area contributed by atoms with Crippen LogP contribution in [-0.2, 0) is 25.8 Å². The van der Waals surface area contributed by atoms with E-state index < -0.39 is 0 Å². The molecule has 1 aliphatic rings. The zero-order valence-corrected chi connectivity index (χ0v) is 14.9. The molecule has 0 unspecified atom stereocenters. The van der Waals surface area contributed by atoms with Crippen LogP contribution < -0.4 is 0 Å². The normalized spacial score (nSPS) is 13.5. The molecule has 0 radical (unpaired) electrons. The van der Waals surface area contributed by atoms with E-state index in [9.17, 15) is 4.79 Å². The topological polar surface area (TPSA) is 46.3 Å². The van der Waals surface area contributed by atoms with Crippen molar-refractivity contribution in [2.75, 3.05) is 6.54 Å². The van der Waals surface area contributed by atoms with Crippen molar-refractivity contribution in [2.45, 2.75) is 32.7 Å². The molecule has 4 heteroatoms. The Labute approximate surface area is 153 Å². The molecule has 2 aromatic carbocycles. The van der Waals surface area contributed by atoms with Crippen LogP contribution in [0.2, 0.25) is 0 Å². The van der Waals surface area contributed by atoms with Gasteiger partial charge in [-0.05, 0) is 31.0 Å². The van der Waals surface area contributed by atoms with Crippen molar-refractivity contribution >= 4 is 5.91 Å². The summed E-state index contributed by atoms with van der Waals surface area (Å²) in [5, 5.41) is 0. The number of rotatable bonds is 4. The lowest BCUT2D eigenvalue weighted by molar-refractivity contribution is 0.0719. The predicted molar refractivity (Wildman–Crippen MR) is 100.0 cm³/mol. The van der Waals surface area contributed by atoms with Crippen molar-refractivity contribution in [1.82, 2.24) is 9.88 Å². The second-order valence-electron chi connectivity index (χ2n) is 6.81. The van der Waals surface area contributed by atoms with E-state index in [1.165, 1.54) is 5.56 Å². The van der Waals surface area contributed by atoms with Crippen LogP contribution in [0.4, 0.5) is 0 Å². The van der Waals surface area contributed by atoms with E-state index in [-0.39, 0.29) is 5.91 Å². The van der Waals surface area contributed by atoms with E-state index in [1.54, 1.807) is 0 Å². The first-order valence-electron chi connectivity index (χ1n) is 9.06. The number of carbonyl (C=O) groups excluding carboxylic acids is 1. The molecule has 1 amide bonds. The van der Waals surface area contributed by atoms with E-state index >= 15 is 0 Å². The van der Waals surface area contributed by atoms with Crippen molar-refractivity contribution in [2.24, 2.45) is 0 Å². The van der Waals surface area contributed by atoms with Crippen molar-refractivity contribution in [1.29, 1.82) is 0 Å². The lowest BCUT2D eigenvalue weighted by atomic mass is 10.1. The Balaban J connectivity index is 1.43. The van der Waals surface area contributed by atoms with Gasteiger partial charge in [0.2, 0.25) is 0 Å². The number of fused-ring (bicyclic) bond motifs is 1. The monoisotopic (exact) mass is 346 g/mol. The van der Waals surface area contributed by atoms with E-state index in [0.717, 1.165) is 47.7 Å². The number of aryl methyl sites for hydroxylation is 3. The Kier molecular flexibility index (Phi) is 4.57. The summed E-state index contributed by atoms with van der Waals surface area (Å²) in [5.74, 6) is 1.65. The lowest BCUT2D eigenvalue weighted by Crippen LogP contribution is -2.35. The summed E-state index contributed by atoms with van der Waals surface area (Å²) in [7, 11) is 0. The molecule has 4 rings (SSSR count). The lowest BCUT2D eigenvalue weighted by Gasteiger charge is -2.25. The summed E-state index contributed by atoms with van der Waals surface area (Å²) in [6, 6.07) is 18.1. The standard InChI is InChI=1S/C22H22N2O2/c1-16-7-10-18(11-8-16)22(25)24-14-13-19-20(15-24)26-21(23-19)12-9-17-5-3-2-4-6-17/h2-8,10-11H,9,12-15H2,1H3. The molecule has 3 aromatic rings. The molecule has 0 saturated heterocycles. The van der Waals surface area contributed by atoms with E-state index in [4.69, 9.17) is 4.42 Å². The Morgan fingerprint density at radius 2 is 1.85 bits per heavy atom. The van der Waals surface area contributed by atoms with Gasteiger partial charge < -0.3 is 9.32 Å². The molecule has 0 bridgehead atoms. The number of oxazole rings is 1. The number of aromatic nitrogens is 1. The summed E-state index contributed by atoms with van der Waals surface area (Å²) < 4.78 is 5.96. The third-order valence-electron chi connectivity index (χ3n) is 4.83. The number of carbonyl (C=O) groups is 1. The molecule has 4 nitrogen and oxygen atoms in total. The molecule has 0 atom stereocenters. The van der Waals surface area contributed by atoms with Gasteiger partial charge in [0, 0.05) is 24.9 Å². The van der Waals surface area contributed by atoms with Gasteiger partial charge in [0.15, 0.2) is 5.89 Å². The highest BCUT2D eigenvalue weighted by Gasteiger charge is 2.26. The van der Waals surface area contributed by atoms with Gasteiger partial charge in [-0.1, -0.05) is 48.0 Å². The fourth-order valence-electron chi connectivity index (χ4n) is 3.30. The van der Waals surface area contributed by atoms with Crippen LogP contribution in [-0.4, -0.2) is 22.3 Å². The molecular weight excluding hydrogens is 324 g/mol. The SMILES string of the molecule is Cc1ccc(C(=O)N2CCc3nc(CCc4ccccc4)oc3C2)cc1. The molecule has 2 heterocycles. The van der Waals surface area contributed by atoms with Crippen molar-refractivity contribution in [3.63, 3.8) is 0 Å². The Bertz CT molecular complexity index is 898. The fourth-order valence-corrected chi connectivity index (χ4v) is 3.30. The van der Waals surface area contributed by atoms with E-state index in [2.05, 4.69) is 17.1 Å². The van der Waals surface area contributed by atoms with E-state index in [1.807, 2.05) is 54.3 Å². The highest BCUT2D eigenvalue weighted by molar-refractivity contribution is 5.94. The van der Waals surface area contributed by atoms with Gasteiger partial charge in [-0.3, -0.25) is 4.79 Å². The summed E-state index contributed by atoms with van der Waals surface area (Å²) >= 11 is 0. The third kappa shape index (κ3) is 3.54. The average Bonchev–Trinajstić information content (AvgIpc) is 3.09. The molecule has 132 valence electrons. The first kappa shape index (κ1) is 16.6. The Morgan fingerprint density at radius 1 is 1.08 bits per heavy atom. The summed E-state index contributed by atoms with van der Waals surface area (Å²) in [6.45, 7) is 3.21. The maximum Gasteiger partial charge on any atom is 0.254 e. The summed E-state index contributed by atoms with van der Waals surface area (Å²) in [6.07, 6.45) is 2.44. The van der Waals surface area contributed by atoms with Gasteiger partial charge in [0.1, 0.15) is 5.76 Å². The van der Waals surface area contributed by atoms with Gasteiger partial charge >= 0.3 is 0 Å². The van der Waals surface area contributed by atoms with Gasteiger partial charge in [-0.2, -0.15) is 0 Å². The maximum atomic E-state index is 12.7. The molecule has 0 saturated carbocycles. The Hall–Kier alpha value is -2.88. The van der Waals surface area contributed by atoms with E-state index in [0.29, 0.717) is 13.1 Å². The zero-order chi connectivity index (χ0) is 17.9. The molecule has 0 spiro atoms. The third-order valence-corrected chi connectivity index (χ3v) is 4.83. The van der Waals surface area contributed by atoms with Crippen LogP contribution in [0, 0.1) is 6.92 Å². The van der Waals surface area contributed by atoms with Gasteiger partial charge in [-0.15, -0.1) is 0 Å². The molecule has 1 aromatic heterocycles. The van der Waals surface area contributed by atoms with Crippen LogP contribution >= 0.6 is 0 Å². The van der Waals surface area contributed by atoms with Crippen molar-refractivity contribution < 1.29 is 9.21 Å². The minimum absolute atomic E-state index is 0.0536. The Morgan fingerprint density at radius 3 is 2.62 bits per heavy atom. The first-order chi connectivity index (χ1) is 12.7. The molecule has 0 N–H and O–H groups in total. The predicted octanol–water partition coefficient (Wildman–Crippen LogP) is 3.97. The highest BCUT2D eigenvalue weighted by Crippen LogP contribution is 2.22. The van der Waals surface area contributed by atoms with Crippen LogP contribution in [0.3, 0.4) is 0 Å². The number of amides is 1. The molecule has 0 aliphatic carbocycles. The van der Waals surface area contributed by atoms with Crippen LogP contribution in [0.1, 0.15) is 38.8 Å². The molecule has 0 fully saturated rings. The first-order valence-corrected chi connectivity index (χ1v) is 9.06. The maximum absolute atomic E-state index is 12.7. The number of hydrogen-bond acceptors (Lipinski definition) is 3. The van der Waals surface area contributed by atoms with Gasteiger partial charge in [0.25, 0.3) is 5.91 Å².